The molecular weight excluding hydrogens is 220 g/mol. The Labute approximate surface area is 102 Å². The lowest BCUT2D eigenvalue weighted by Crippen LogP contribution is -2.15. The quantitative estimate of drug-likeness (QED) is 0.673. The number of nitrogens with zero attached hydrogens (tertiary/aromatic N) is 3. The van der Waals surface area contributed by atoms with Gasteiger partial charge in [0.1, 0.15) is 0 Å². The van der Waals surface area contributed by atoms with E-state index in [4.69, 9.17) is 15.2 Å². The van der Waals surface area contributed by atoms with Crippen LogP contribution in [0.3, 0.4) is 0 Å². The van der Waals surface area contributed by atoms with E-state index in [1.807, 2.05) is 18.5 Å². The minimum atomic E-state index is -0.0341. The molecule has 0 radical (unpaired) electrons. The molecule has 0 aliphatic heterocycles. The minimum Gasteiger partial charge on any atom is -0.380 e. The number of rotatable bonds is 8. The zero-order valence-corrected chi connectivity index (χ0v) is 10.8. The first-order chi connectivity index (χ1) is 8.24. The van der Waals surface area contributed by atoms with Crippen LogP contribution in [-0.4, -0.2) is 41.9 Å². The Morgan fingerprint density at radius 1 is 1.47 bits per heavy atom. The first kappa shape index (κ1) is 14.1. The number of ether oxygens (including phenoxy) is 2. The maximum atomic E-state index is 5.56. The van der Waals surface area contributed by atoms with Gasteiger partial charge in [-0.3, -0.25) is 0 Å². The summed E-state index contributed by atoms with van der Waals surface area (Å²) in [5, 5.41) is 8.28. The lowest BCUT2D eigenvalue weighted by atomic mass is 10.2. The molecule has 1 heterocycles. The molecule has 1 atom stereocenters. The largest absolute Gasteiger partial charge is 0.380 e. The van der Waals surface area contributed by atoms with Crippen molar-refractivity contribution in [2.45, 2.75) is 32.9 Å². The fourth-order valence-electron chi connectivity index (χ4n) is 1.69. The van der Waals surface area contributed by atoms with Crippen molar-refractivity contribution < 1.29 is 9.47 Å². The maximum Gasteiger partial charge on any atom is 0.0978 e. The van der Waals surface area contributed by atoms with Gasteiger partial charge in [-0.25, -0.2) is 4.68 Å². The molecule has 0 saturated carbocycles. The predicted octanol–water partition coefficient (Wildman–Crippen LogP) is 0.523. The van der Waals surface area contributed by atoms with Gasteiger partial charge in [0.05, 0.1) is 30.6 Å². The van der Waals surface area contributed by atoms with Gasteiger partial charge in [0.15, 0.2) is 0 Å². The van der Waals surface area contributed by atoms with Crippen molar-refractivity contribution in [2.24, 2.45) is 5.73 Å². The van der Waals surface area contributed by atoms with E-state index in [-0.39, 0.29) is 6.10 Å². The molecule has 0 saturated heterocycles. The van der Waals surface area contributed by atoms with Crippen molar-refractivity contribution in [1.82, 2.24) is 15.0 Å². The van der Waals surface area contributed by atoms with Crippen LogP contribution in [0.4, 0.5) is 0 Å². The molecule has 1 rings (SSSR count). The predicted molar refractivity (Wildman–Crippen MR) is 64.7 cm³/mol. The average molecular weight is 242 g/mol. The first-order valence-corrected chi connectivity index (χ1v) is 5.97. The van der Waals surface area contributed by atoms with Crippen molar-refractivity contribution in [3.8, 4) is 0 Å². The fraction of sp³-hybridized carbons (Fsp3) is 0.818. The molecule has 0 aromatic carbocycles. The van der Waals surface area contributed by atoms with E-state index in [0.29, 0.717) is 26.3 Å². The lowest BCUT2D eigenvalue weighted by Gasteiger charge is -2.13. The van der Waals surface area contributed by atoms with Crippen LogP contribution in [0.1, 0.15) is 31.3 Å². The van der Waals surface area contributed by atoms with Crippen molar-refractivity contribution in [2.75, 3.05) is 26.9 Å². The zero-order chi connectivity index (χ0) is 12.7. The summed E-state index contributed by atoms with van der Waals surface area (Å²) in [6, 6.07) is 0. The normalized spacial score (nSPS) is 12.9. The molecule has 0 bridgehead atoms. The summed E-state index contributed by atoms with van der Waals surface area (Å²) in [7, 11) is 1.68. The molecule has 0 aliphatic carbocycles. The van der Waals surface area contributed by atoms with E-state index in [9.17, 15) is 0 Å². The number of hydrogen-bond acceptors (Lipinski definition) is 5. The zero-order valence-electron chi connectivity index (χ0n) is 10.8. The van der Waals surface area contributed by atoms with Crippen LogP contribution in [0.15, 0.2) is 0 Å². The van der Waals surface area contributed by atoms with Crippen LogP contribution in [0.25, 0.3) is 0 Å². The highest BCUT2D eigenvalue weighted by molar-refractivity contribution is 5.13. The molecule has 0 aliphatic rings. The highest BCUT2D eigenvalue weighted by Gasteiger charge is 2.18. The van der Waals surface area contributed by atoms with Crippen molar-refractivity contribution in [1.29, 1.82) is 0 Å². The Morgan fingerprint density at radius 3 is 2.82 bits per heavy atom. The van der Waals surface area contributed by atoms with Gasteiger partial charge >= 0.3 is 0 Å². The van der Waals surface area contributed by atoms with Gasteiger partial charge in [-0.1, -0.05) is 5.21 Å². The van der Waals surface area contributed by atoms with E-state index in [0.717, 1.165) is 17.8 Å². The molecule has 6 heteroatoms. The van der Waals surface area contributed by atoms with Crippen LogP contribution >= 0.6 is 0 Å². The summed E-state index contributed by atoms with van der Waals surface area (Å²) >= 11 is 0. The molecule has 0 fully saturated rings. The van der Waals surface area contributed by atoms with Crippen LogP contribution < -0.4 is 5.73 Å². The SMILES string of the molecule is CCOCCn1nnc(CCN)c1C(C)OC. The Hall–Kier alpha value is -0.980. The van der Waals surface area contributed by atoms with Gasteiger partial charge < -0.3 is 15.2 Å². The summed E-state index contributed by atoms with van der Waals surface area (Å²) in [4.78, 5) is 0. The van der Waals surface area contributed by atoms with Gasteiger partial charge in [-0.05, 0) is 20.4 Å². The highest BCUT2D eigenvalue weighted by atomic mass is 16.5. The van der Waals surface area contributed by atoms with Crippen molar-refractivity contribution in [3.63, 3.8) is 0 Å². The summed E-state index contributed by atoms with van der Waals surface area (Å²) in [6.45, 7) is 6.54. The third kappa shape index (κ3) is 3.76. The van der Waals surface area contributed by atoms with E-state index in [1.54, 1.807) is 7.11 Å². The number of aromatic nitrogens is 3. The number of nitrogens with two attached hydrogens (primary N) is 1. The van der Waals surface area contributed by atoms with Crippen LogP contribution in [-0.2, 0) is 22.4 Å². The second-order valence-corrected chi connectivity index (χ2v) is 3.76. The number of methoxy groups -OCH3 is 1. The molecule has 98 valence electrons. The molecule has 0 spiro atoms. The summed E-state index contributed by atoms with van der Waals surface area (Å²) in [5.41, 5.74) is 7.47. The molecule has 1 aromatic heterocycles. The average Bonchev–Trinajstić information content (AvgIpc) is 2.72. The van der Waals surface area contributed by atoms with Gasteiger partial charge in [0.2, 0.25) is 0 Å². The maximum absolute atomic E-state index is 5.56. The van der Waals surface area contributed by atoms with Gasteiger partial charge in [-0.2, -0.15) is 0 Å². The molecule has 0 amide bonds. The molecule has 2 N–H and O–H groups in total. The topological polar surface area (TPSA) is 75.2 Å². The Morgan fingerprint density at radius 2 is 2.24 bits per heavy atom. The van der Waals surface area contributed by atoms with E-state index in [2.05, 4.69) is 10.3 Å². The third-order valence-electron chi connectivity index (χ3n) is 2.62. The molecule has 6 nitrogen and oxygen atoms in total. The summed E-state index contributed by atoms with van der Waals surface area (Å²) in [5.74, 6) is 0. The van der Waals surface area contributed by atoms with E-state index >= 15 is 0 Å². The van der Waals surface area contributed by atoms with Crippen LogP contribution in [0.2, 0.25) is 0 Å². The lowest BCUT2D eigenvalue weighted by molar-refractivity contribution is 0.103. The molecule has 1 unspecified atom stereocenters. The second-order valence-electron chi connectivity index (χ2n) is 3.76. The monoisotopic (exact) mass is 242 g/mol. The molecule has 17 heavy (non-hydrogen) atoms. The van der Waals surface area contributed by atoms with E-state index < -0.39 is 0 Å². The minimum absolute atomic E-state index is 0.0341. The highest BCUT2D eigenvalue weighted by Crippen LogP contribution is 2.18. The van der Waals surface area contributed by atoms with E-state index in [1.165, 1.54) is 0 Å². The number of hydrogen-bond donors (Lipinski definition) is 1. The van der Waals surface area contributed by atoms with Gasteiger partial charge in [0.25, 0.3) is 0 Å². The van der Waals surface area contributed by atoms with Crippen LogP contribution in [0.5, 0.6) is 0 Å². The first-order valence-electron chi connectivity index (χ1n) is 5.97. The third-order valence-corrected chi connectivity index (χ3v) is 2.62. The fourth-order valence-corrected chi connectivity index (χ4v) is 1.69. The smallest absolute Gasteiger partial charge is 0.0978 e. The van der Waals surface area contributed by atoms with Crippen molar-refractivity contribution >= 4 is 0 Å². The summed E-state index contributed by atoms with van der Waals surface area (Å²) < 4.78 is 12.5. The van der Waals surface area contributed by atoms with Crippen LogP contribution in [0, 0.1) is 0 Å². The Kier molecular flexibility index (Phi) is 6.10. The standard InChI is InChI=1S/C11H22N4O2/c1-4-17-8-7-15-11(9(2)16-3)10(5-6-12)13-14-15/h9H,4-8,12H2,1-3H3. The Balaban J connectivity index is 2.80. The molecular formula is C11H22N4O2. The van der Waals surface area contributed by atoms with Gasteiger partial charge in [0, 0.05) is 20.1 Å². The summed E-state index contributed by atoms with van der Waals surface area (Å²) in [6.07, 6.45) is 0.686. The second kappa shape index (κ2) is 7.37. The van der Waals surface area contributed by atoms with Gasteiger partial charge in [-0.15, -0.1) is 5.10 Å². The Bertz CT molecular complexity index is 327. The molecule has 1 aromatic rings. The van der Waals surface area contributed by atoms with Crippen molar-refractivity contribution in [3.05, 3.63) is 11.4 Å².